The molecule has 3 aromatic rings. The summed E-state index contributed by atoms with van der Waals surface area (Å²) in [6, 6.07) is 8.25. The van der Waals surface area contributed by atoms with E-state index in [1.54, 1.807) is 6.20 Å². The van der Waals surface area contributed by atoms with Crippen LogP contribution < -0.4 is 0 Å². The lowest BCUT2D eigenvalue weighted by Gasteiger charge is -2.10. The molecule has 5 nitrogen and oxygen atoms in total. The quantitative estimate of drug-likeness (QED) is 0.747. The van der Waals surface area contributed by atoms with E-state index in [4.69, 9.17) is 5.26 Å². The van der Waals surface area contributed by atoms with Crippen LogP contribution in [0.1, 0.15) is 25.5 Å². The maximum Gasteiger partial charge on any atom is 0.126 e. The van der Waals surface area contributed by atoms with Crippen molar-refractivity contribution in [1.82, 2.24) is 19.9 Å². The van der Waals surface area contributed by atoms with Gasteiger partial charge in [-0.2, -0.15) is 5.26 Å². The highest BCUT2D eigenvalue weighted by Crippen LogP contribution is 2.25. The van der Waals surface area contributed by atoms with Crippen LogP contribution in [0.4, 0.5) is 0 Å². The molecule has 100 valence electrons. The van der Waals surface area contributed by atoms with E-state index < -0.39 is 5.41 Å². The van der Waals surface area contributed by atoms with Gasteiger partial charge < -0.3 is 9.97 Å². The fourth-order valence-electron chi connectivity index (χ4n) is 2.14. The van der Waals surface area contributed by atoms with E-state index in [-0.39, 0.29) is 0 Å². The molecule has 2 aromatic heterocycles. The molecule has 0 amide bonds. The fourth-order valence-corrected chi connectivity index (χ4v) is 2.14. The molecule has 0 aliphatic heterocycles. The van der Waals surface area contributed by atoms with E-state index in [1.165, 1.54) is 0 Å². The predicted molar refractivity (Wildman–Crippen MR) is 77.1 cm³/mol. The summed E-state index contributed by atoms with van der Waals surface area (Å²) >= 11 is 0. The Morgan fingerprint density at radius 3 is 2.80 bits per heavy atom. The minimum Gasteiger partial charge on any atom is -0.342 e. The number of imidazole rings is 2. The Bertz CT molecular complexity index is 816. The van der Waals surface area contributed by atoms with Crippen LogP contribution in [0.5, 0.6) is 0 Å². The summed E-state index contributed by atoms with van der Waals surface area (Å²) in [5.41, 5.74) is 3.25. The molecule has 0 fully saturated rings. The molecule has 2 N–H and O–H groups in total. The van der Waals surface area contributed by atoms with Crippen LogP contribution in [0.2, 0.25) is 0 Å². The van der Waals surface area contributed by atoms with Gasteiger partial charge in [-0.15, -0.1) is 0 Å². The molecule has 3 rings (SSSR count). The van der Waals surface area contributed by atoms with Crippen LogP contribution in [0.3, 0.4) is 0 Å². The summed E-state index contributed by atoms with van der Waals surface area (Å²) in [4.78, 5) is 15.1. The van der Waals surface area contributed by atoms with Crippen molar-refractivity contribution in [2.75, 3.05) is 0 Å². The second-order valence-corrected chi connectivity index (χ2v) is 5.44. The molecule has 2 heterocycles. The number of H-pyrrole nitrogens is 2. The number of nitrogens with zero attached hydrogens (tertiary/aromatic N) is 3. The number of nitriles is 1. The van der Waals surface area contributed by atoms with Gasteiger partial charge in [0.05, 0.1) is 29.0 Å². The molecular weight excluding hydrogens is 250 g/mol. The molecule has 0 saturated carbocycles. The maximum absolute atomic E-state index is 9.15. The monoisotopic (exact) mass is 265 g/mol. The Morgan fingerprint density at radius 2 is 2.05 bits per heavy atom. The summed E-state index contributed by atoms with van der Waals surface area (Å²) in [6.45, 7) is 5.62. The van der Waals surface area contributed by atoms with E-state index in [9.17, 15) is 0 Å². The average molecular weight is 265 g/mol. The Labute approximate surface area is 116 Å². The van der Waals surface area contributed by atoms with E-state index in [1.807, 2.05) is 39.0 Å². The second-order valence-electron chi connectivity index (χ2n) is 5.44. The van der Waals surface area contributed by atoms with E-state index in [0.29, 0.717) is 5.82 Å². The predicted octanol–water partition coefficient (Wildman–Crippen LogP) is 3.06. The minimum atomic E-state index is -0.618. The molecule has 0 bridgehead atoms. The van der Waals surface area contributed by atoms with E-state index >= 15 is 0 Å². The Kier molecular flexibility index (Phi) is 2.61. The summed E-state index contributed by atoms with van der Waals surface area (Å²) in [6.07, 6.45) is 1.76. The zero-order chi connectivity index (χ0) is 14.3. The summed E-state index contributed by atoms with van der Waals surface area (Å²) in [7, 11) is 0. The van der Waals surface area contributed by atoms with Crippen LogP contribution in [-0.4, -0.2) is 19.9 Å². The first-order valence-electron chi connectivity index (χ1n) is 6.43. The molecule has 0 aliphatic carbocycles. The van der Waals surface area contributed by atoms with Gasteiger partial charge in [0.2, 0.25) is 0 Å². The third-order valence-electron chi connectivity index (χ3n) is 3.36. The van der Waals surface area contributed by atoms with Gasteiger partial charge in [0.15, 0.2) is 0 Å². The maximum atomic E-state index is 9.15. The normalized spacial score (nSPS) is 11.7. The molecular formula is C15H15N5. The van der Waals surface area contributed by atoms with Crippen molar-refractivity contribution >= 4 is 11.0 Å². The van der Waals surface area contributed by atoms with Gasteiger partial charge in [0.1, 0.15) is 17.1 Å². The first-order chi connectivity index (χ1) is 9.49. The van der Waals surface area contributed by atoms with Crippen LogP contribution in [0.15, 0.2) is 24.4 Å². The molecule has 0 unspecified atom stereocenters. The van der Waals surface area contributed by atoms with Gasteiger partial charge in [0.25, 0.3) is 0 Å². The summed E-state index contributed by atoms with van der Waals surface area (Å²) < 4.78 is 0. The van der Waals surface area contributed by atoms with Crippen LogP contribution >= 0.6 is 0 Å². The zero-order valence-electron chi connectivity index (χ0n) is 11.7. The fraction of sp³-hybridized carbons (Fsp3) is 0.267. The highest BCUT2D eigenvalue weighted by atomic mass is 14.9. The average Bonchev–Trinajstić information content (AvgIpc) is 3.02. The van der Waals surface area contributed by atoms with E-state index in [2.05, 4.69) is 26.0 Å². The van der Waals surface area contributed by atoms with Gasteiger partial charge in [0, 0.05) is 5.56 Å². The number of nitrogens with one attached hydrogen (secondary N) is 2. The van der Waals surface area contributed by atoms with Crippen molar-refractivity contribution in [1.29, 1.82) is 5.26 Å². The van der Waals surface area contributed by atoms with Crippen molar-refractivity contribution in [2.24, 2.45) is 0 Å². The van der Waals surface area contributed by atoms with Gasteiger partial charge in [-0.3, -0.25) is 0 Å². The van der Waals surface area contributed by atoms with Crippen LogP contribution in [-0.2, 0) is 5.41 Å². The zero-order valence-corrected chi connectivity index (χ0v) is 11.7. The SMILES string of the molecule is Cc1nc2ccc(-c3cnc(C(C)(C)C#N)[nH]3)cc2[nH]1. The Hall–Kier alpha value is -2.61. The summed E-state index contributed by atoms with van der Waals surface area (Å²) in [5.74, 6) is 1.57. The van der Waals surface area contributed by atoms with Crippen molar-refractivity contribution in [3.8, 4) is 17.3 Å². The lowest BCUT2D eigenvalue weighted by Crippen LogP contribution is -2.15. The largest absolute Gasteiger partial charge is 0.342 e. The molecule has 0 atom stereocenters. The summed E-state index contributed by atoms with van der Waals surface area (Å²) in [5, 5.41) is 9.15. The molecule has 5 heteroatoms. The molecule has 0 aliphatic rings. The molecule has 0 saturated heterocycles. The Morgan fingerprint density at radius 1 is 1.25 bits per heavy atom. The van der Waals surface area contributed by atoms with Crippen molar-refractivity contribution in [3.05, 3.63) is 36.0 Å². The first-order valence-corrected chi connectivity index (χ1v) is 6.43. The third-order valence-corrected chi connectivity index (χ3v) is 3.36. The molecule has 0 spiro atoms. The second kappa shape index (κ2) is 4.20. The first kappa shape index (κ1) is 12.4. The lowest BCUT2D eigenvalue weighted by atomic mass is 9.95. The number of rotatable bonds is 2. The minimum absolute atomic E-state index is 0.618. The number of hydrogen-bond acceptors (Lipinski definition) is 3. The van der Waals surface area contributed by atoms with Gasteiger partial charge in [-0.05, 0) is 32.9 Å². The number of fused-ring (bicyclic) bond motifs is 1. The highest BCUT2D eigenvalue weighted by Gasteiger charge is 2.23. The number of hydrogen-bond donors (Lipinski definition) is 2. The lowest BCUT2D eigenvalue weighted by molar-refractivity contribution is 0.640. The molecule has 20 heavy (non-hydrogen) atoms. The number of aromatic amines is 2. The number of aromatic nitrogens is 4. The number of aryl methyl sites for hydroxylation is 1. The molecule has 1 aromatic carbocycles. The number of benzene rings is 1. The van der Waals surface area contributed by atoms with Crippen LogP contribution in [0.25, 0.3) is 22.3 Å². The van der Waals surface area contributed by atoms with Gasteiger partial charge in [-0.1, -0.05) is 6.07 Å². The Balaban J connectivity index is 2.05. The van der Waals surface area contributed by atoms with Crippen molar-refractivity contribution in [3.63, 3.8) is 0 Å². The van der Waals surface area contributed by atoms with Gasteiger partial charge in [-0.25, -0.2) is 9.97 Å². The topological polar surface area (TPSA) is 81.2 Å². The molecule has 0 radical (unpaired) electrons. The van der Waals surface area contributed by atoms with Crippen molar-refractivity contribution < 1.29 is 0 Å². The third kappa shape index (κ3) is 1.95. The van der Waals surface area contributed by atoms with Crippen LogP contribution in [0, 0.1) is 18.3 Å². The smallest absolute Gasteiger partial charge is 0.126 e. The van der Waals surface area contributed by atoms with E-state index in [0.717, 1.165) is 28.1 Å². The van der Waals surface area contributed by atoms with Gasteiger partial charge >= 0.3 is 0 Å². The highest BCUT2D eigenvalue weighted by molar-refractivity contribution is 5.81. The standard InChI is InChI=1S/C15H15N5/c1-9-18-11-5-4-10(6-12(11)19-9)13-7-17-14(20-13)15(2,3)8-16/h4-7H,1-3H3,(H,17,20)(H,18,19). The van der Waals surface area contributed by atoms with Crippen molar-refractivity contribution in [2.45, 2.75) is 26.2 Å².